The molecule has 1 fully saturated rings. The quantitative estimate of drug-likeness (QED) is 0.406. The molecule has 9 nitrogen and oxygen atoms in total. The molecule has 0 saturated carbocycles. The molecule has 9 heteroatoms. The first kappa shape index (κ1) is 20.3. The van der Waals surface area contributed by atoms with Gasteiger partial charge in [-0.05, 0) is 36.4 Å². The van der Waals surface area contributed by atoms with Gasteiger partial charge in [-0.1, -0.05) is 0 Å². The molecule has 30 heavy (non-hydrogen) atoms. The number of hydrogen-bond donors (Lipinski definition) is 5. The van der Waals surface area contributed by atoms with Crippen molar-refractivity contribution < 1.29 is 39.4 Å². The largest absolute Gasteiger partial charge is 0.508 e. The van der Waals surface area contributed by atoms with Crippen molar-refractivity contribution in [1.29, 1.82) is 0 Å². The lowest BCUT2D eigenvalue weighted by Gasteiger charge is -2.39. The minimum absolute atomic E-state index is 0.0806. The van der Waals surface area contributed by atoms with Crippen LogP contribution in [0.5, 0.6) is 11.5 Å². The van der Waals surface area contributed by atoms with Crippen LogP contribution in [0, 0.1) is 0 Å². The van der Waals surface area contributed by atoms with Gasteiger partial charge in [0, 0.05) is 17.7 Å². The van der Waals surface area contributed by atoms with E-state index in [2.05, 4.69) is 0 Å². The number of aliphatic hydroxyl groups is 4. The molecule has 1 saturated heterocycles. The van der Waals surface area contributed by atoms with Crippen molar-refractivity contribution >= 4 is 11.0 Å². The maximum Gasteiger partial charge on any atom is 0.229 e. The van der Waals surface area contributed by atoms with E-state index in [1.165, 1.54) is 36.4 Å². The molecule has 0 radical (unpaired) electrons. The van der Waals surface area contributed by atoms with Crippen molar-refractivity contribution in [3.8, 4) is 22.8 Å². The number of aliphatic hydroxyl groups excluding tert-OH is 4. The Bertz CT molecular complexity index is 1090. The molecule has 0 unspecified atom stereocenters. The molecular formula is C21H20O9. The van der Waals surface area contributed by atoms with Crippen LogP contribution in [-0.2, 0) is 4.74 Å². The summed E-state index contributed by atoms with van der Waals surface area (Å²) in [5.41, 5.74) is 0.526. The van der Waals surface area contributed by atoms with Crippen molar-refractivity contribution in [3.63, 3.8) is 0 Å². The lowest BCUT2D eigenvalue weighted by molar-refractivity contribution is -0.277. The summed E-state index contributed by atoms with van der Waals surface area (Å²) in [6.45, 7) is -0.576. The molecule has 2 aromatic carbocycles. The first-order valence-electron chi connectivity index (χ1n) is 9.22. The first-order chi connectivity index (χ1) is 14.4. The molecule has 1 aromatic heterocycles. The van der Waals surface area contributed by atoms with E-state index in [4.69, 9.17) is 13.9 Å². The van der Waals surface area contributed by atoms with E-state index in [0.29, 0.717) is 10.9 Å². The van der Waals surface area contributed by atoms with Crippen LogP contribution in [0.1, 0.15) is 0 Å². The summed E-state index contributed by atoms with van der Waals surface area (Å²) in [5, 5.41) is 48.9. The Morgan fingerprint density at radius 2 is 1.67 bits per heavy atom. The van der Waals surface area contributed by atoms with Crippen molar-refractivity contribution in [1.82, 2.24) is 0 Å². The summed E-state index contributed by atoms with van der Waals surface area (Å²) in [6, 6.07) is 11.9. The van der Waals surface area contributed by atoms with Crippen molar-refractivity contribution in [3.05, 3.63) is 58.8 Å². The van der Waals surface area contributed by atoms with Gasteiger partial charge >= 0.3 is 0 Å². The number of phenolic OH excluding ortho intramolecular Hbond substituents is 1. The van der Waals surface area contributed by atoms with Gasteiger partial charge in [0.05, 0.1) is 12.0 Å². The van der Waals surface area contributed by atoms with Crippen molar-refractivity contribution in [2.24, 2.45) is 0 Å². The van der Waals surface area contributed by atoms with Crippen LogP contribution in [0.15, 0.2) is 57.7 Å². The molecule has 3 aromatic rings. The van der Waals surface area contributed by atoms with Crippen LogP contribution >= 0.6 is 0 Å². The van der Waals surface area contributed by atoms with Crippen molar-refractivity contribution in [2.75, 3.05) is 6.61 Å². The third-order valence-electron chi connectivity index (χ3n) is 4.95. The molecule has 5 N–H and O–H groups in total. The van der Waals surface area contributed by atoms with Crippen LogP contribution in [0.4, 0.5) is 0 Å². The van der Waals surface area contributed by atoms with Gasteiger partial charge in [-0.3, -0.25) is 4.79 Å². The van der Waals surface area contributed by atoms with Gasteiger partial charge in [0.25, 0.3) is 0 Å². The van der Waals surface area contributed by atoms with E-state index in [9.17, 15) is 30.3 Å². The second kappa shape index (κ2) is 8.05. The van der Waals surface area contributed by atoms with Gasteiger partial charge in [0.15, 0.2) is 5.43 Å². The highest BCUT2D eigenvalue weighted by Crippen LogP contribution is 2.28. The molecule has 158 valence electrons. The average Bonchev–Trinajstić information content (AvgIpc) is 2.74. The third-order valence-corrected chi connectivity index (χ3v) is 4.95. The second-order valence-corrected chi connectivity index (χ2v) is 6.99. The Labute approximate surface area is 170 Å². The summed E-state index contributed by atoms with van der Waals surface area (Å²) in [4.78, 5) is 12.5. The highest BCUT2D eigenvalue weighted by atomic mass is 16.7. The Hall–Kier alpha value is -2.95. The minimum atomic E-state index is -1.57. The SMILES string of the molecule is O=c1cc(-c2ccc(O)cc2)oc2cc(O[C@H]3O[C@@H](CO)[C@H](O)[C@H](O)[C@@H]3O)ccc12. The van der Waals surface area contributed by atoms with Crippen LogP contribution in [-0.4, -0.2) is 62.8 Å². The fourth-order valence-corrected chi connectivity index (χ4v) is 3.28. The lowest BCUT2D eigenvalue weighted by Crippen LogP contribution is -2.60. The van der Waals surface area contributed by atoms with Crippen LogP contribution < -0.4 is 10.2 Å². The maximum absolute atomic E-state index is 12.5. The first-order valence-corrected chi connectivity index (χ1v) is 9.22. The smallest absolute Gasteiger partial charge is 0.229 e. The van der Waals surface area contributed by atoms with Gasteiger partial charge in [0.1, 0.15) is 47.3 Å². The van der Waals surface area contributed by atoms with E-state index < -0.39 is 37.3 Å². The van der Waals surface area contributed by atoms with Crippen molar-refractivity contribution in [2.45, 2.75) is 30.7 Å². The fraction of sp³-hybridized carbons (Fsp3) is 0.286. The second-order valence-electron chi connectivity index (χ2n) is 6.99. The van der Waals surface area contributed by atoms with Crippen LogP contribution in [0.25, 0.3) is 22.3 Å². The molecule has 5 atom stereocenters. The lowest BCUT2D eigenvalue weighted by atomic mass is 9.99. The number of aromatic hydroxyl groups is 1. The zero-order valence-corrected chi connectivity index (χ0v) is 15.6. The van der Waals surface area contributed by atoms with E-state index >= 15 is 0 Å². The van der Waals surface area contributed by atoms with E-state index in [1.807, 2.05) is 0 Å². The topological polar surface area (TPSA) is 150 Å². The molecule has 0 aliphatic carbocycles. The number of phenols is 1. The van der Waals surface area contributed by atoms with E-state index in [0.717, 1.165) is 0 Å². The molecule has 0 bridgehead atoms. The summed E-state index contributed by atoms with van der Waals surface area (Å²) in [7, 11) is 0. The Balaban J connectivity index is 1.65. The predicted molar refractivity (Wildman–Crippen MR) is 104 cm³/mol. The molecule has 4 rings (SSSR count). The molecular weight excluding hydrogens is 396 g/mol. The number of fused-ring (bicyclic) bond motifs is 1. The highest BCUT2D eigenvalue weighted by molar-refractivity contribution is 5.80. The number of ether oxygens (including phenoxy) is 2. The van der Waals surface area contributed by atoms with E-state index in [1.54, 1.807) is 12.1 Å². The molecule has 1 aliphatic heterocycles. The molecule has 0 spiro atoms. The highest BCUT2D eigenvalue weighted by Gasteiger charge is 2.44. The van der Waals surface area contributed by atoms with Gasteiger partial charge < -0.3 is 39.4 Å². The fourth-order valence-electron chi connectivity index (χ4n) is 3.28. The summed E-state index contributed by atoms with van der Waals surface area (Å²) in [6.07, 6.45) is -7.08. The molecule has 2 heterocycles. The maximum atomic E-state index is 12.5. The normalized spacial score (nSPS) is 26.6. The Morgan fingerprint density at radius 3 is 2.37 bits per heavy atom. The van der Waals surface area contributed by atoms with E-state index in [-0.39, 0.29) is 28.3 Å². The monoisotopic (exact) mass is 416 g/mol. The zero-order chi connectivity index (χ0) is 21.4. The third kappa shape index (κ3) is 3.76. The summed E-state index contributed by atoms with van der Waals surface area (Å²) in [5.74, 6) is 0.549. The molecule has 0 amide bonds. The Kier molecular flexibility index (Phi) is 5.46. The predicted octanol–water partition coefficient (Wildman–Crippen LogP) is 0.344. The van der Waals surface area contributed by atoms with Gasteiger partial charge in [-0.25, -0.2) is 0 Å². The van der Waals surface area contributed by atoms with Crippen LogP contribution in [0.3, 0.4) is 0 Å². The van der Waals surface area contributed by atoms with Gasteiger partial charge in [0.2, 0.25) is 6.29 Å². The standard InChI is InChI=1S/C21H20O9/c22-9-17-18(25)19(26)20(27)21(30-17)28-12-5-6-13-14(24)8-15(29-16(13)7-12)10-1-3-11(23)4-2-10/h1-8,17-23,25-27H,9H2/t17-,18-,19-,20-,21-/m0/s1. The summed E-state index contributed by atoms with van der Waals surface area (Å²) < 4.78 is 16.7. The van der Waals surface area contributed by atoms with Gasteiger partial charge in [-0.15, -0.1) is 0 Å². The average molecular weight is 416 g/mol. The molecule has 1 aliphatic rings. The number of rotatable bonds is 4. The minimum Gasteiger partial charge on any atom is -0.508 e. The Morgan fingerprint density at radius 1 is 0.933 bits per heavy atom. The number of hydrogen-bond acceptors (Lipinski definition) is 9. The van der Waals surface area contributed by atoms with Crippen LogP contribution in [0.2, 0.25) is 0 Å². The zero-order valence-electron chi connectivity index (χ0n) is 15.6. The van der Waals surface area contributed by atoms with Gasteiger partial charge in [-0.2, -0.15) is 0 Å². The number of benzene rings is 2. The summed E-state index contributed by atoms with van der Waals surface area (Å²) >= 11 is 0.